The molecule has 0 aliphatic carbocycles. The Balaban J connectivity index is 1.55. The van der Waals surface area contributed by atoms with Crippen molar-refractivity contribution in [2.24, 2.45) is 0 Å². The van der Waals surface area contributed by atoms with E-state index in [1.165, 1.54) is 0 Å². The molecule has 154 valence electrons. The van der Waals surface area contributed by atoms with Gasteiger partial charge in [0.25, 0.3) is 5.91 Å². The number of hydrogen-bond donors (Lipinski definition) is 1. The number of fused-ring (bicyclic) bond motifs is 1. The van der Waals surface area contributed by atoms with Crippen LogP contribution in [0.15, 0.2) is 40.9 Å². The van der Waals surface area contributed by atoms with Gasteiger partial charge in [-0.15, -0.1) is 0 Å². The molecule has 1 aliphatic rings. The van der Waals surface area contributed by atoms with Gasteiger partial charge in [-0.05, 0) is 54.0 Å². The zero-order valence-corrected chi connectivity index (χ0v) is 18.1. The number of benzene rings is 2. The molecule has 2 aromatic rings. The summed E-state index contributed by atoms with van der Waals surface area (Å²) in [6.07, 6.45) is 0. The Morgan fingerprint density at radius 1 is 1.14 bits per heavy atom. The van der Waals surface area contributed by atoms with Gasteiger partial charge < -0.3 is 24.3 Å². The molecule has 1 N–H and O–H groups in total. The molecule has 2 aromatic carbocycles. The van der Waals surface area contributed by atoms with E-state index >= 15 is 0 Å². The maximum atomic E-state index is 12.4. The minimum atomic E-state index is -1.29. The molecule has 0 radical (unpaired) electrons. The van der Waals surface area contributed by atoms with Gasteiger partial charge in [0, 0.05) is 21.6 Å². The quantitative estimate of drug-likeness (QED) is 0.619. The Morgan fingerprint density at radius 2 is 1.76 bits per heavy atom. The van der Waals surface area contributed by atoms with Crippen molar-refractivity contribution >= 4 is 45.1 Å². The van der Waals surface area contributed by atoms with Crippen molar-refractivity contribution in [3.05, 3.63) is 45.9 Å². The van der Waals surface area contributed by atoms with Crippen LogP contribution in [0.25, 0.3) is 0 Å². The third kappa shape index (κ3) is 5.55. The normalized spacial score (nSPS) is 12.8. The summed E-state index contributed by atoms with van der Waals surface area (Å²) in [5.41, 5.74) is -0.807. The standard InChI is InChI=1S/C20H19BrClNO6/c1-20(2,29-13-5-3-12(22)4-6-13)19(25)28-11-18(24)23-15-10-17-16(9-14(15)21)26-7-8-27-17/h3-6,9-10H,7-8,11H2,1-2H3,(H,23,24). The third-order valence-electron chi connectivity index (χ3n) is 3.92. The molecule has 0 unspecified atom stereocenters. The fourth-order valence-electron chi connectivity index (χ4n) is 2.49. The molecule has 29 heavy (non-hydrogen) atoms. The highest BCUT2D eigenvalue weighted by Crippen LogP contribution is 2.38. The topological polar surface area (TPSA) is 83.1 Å². The smallest absolute Gasteiger partial charge is 0.350 e. The number of hydrogen-bond acceptors (Lipinski definition) is 6. The zero-order chi connectivity index (χ0) is 21.0. The molecule has 0 fully saturated rings. The van der Waals surface area contributed by atoms with Gasteiger partial charge in [0.1, 0.15) is 19.0 Å². The molecule has 0 aromatic heterocycles. The minimum absolute atomic E-state index is 0.433. The Labute approximate surface area is 181 Å². The molecule has 0 bridgehead atoms. The molecule has 0 spiro atoms. The predicted octanol–water partition coefficient (Wildman–Crippen LogP) is 4.21. The lowest BCUT2D eigenvalue weighted by atomic mass is 10.1. The van der Waals surface area contributed by atoms with E-state index in [1.54, 1.807) is 50.2 Å². The maximum Gasteiger partial charge on any atom is 0.350 e. The fraction of sp³-hybridized carbons (Fsp3) is 0.300. The lowest BCUT2D eigenvalue weighted by Crippen LogP contribution is -2.41. The Bertz CT molecular complexity index is 916. The molecule has 3 rings (SSSR count). The summed E-state index contributed by atoms with van der Waals surface area (Å²) < 4.78 is 22.4. The highest BCUT2D eigenvalue weighted by atomic mass is 79.9. The molecule has 7 nitrogen and oxygen atoms in total. The van der Waals surface area contributed by atoms with E-state index < -0.39 is 24.1 Å². The molecule has 1 heterocycles. The number of nitrogens with one attached hydrogen (secondary N) is 1. The van der Waals surface area contributed by atoms with Gasteiger partial charge in [-0.3, -0.25) is 4.79 Å². The van der Waals surface area contributed by atoms with Gasteiger partial charge >= 0.3 is 5.97 Å². The summed E-state index contributed by atoms with van der Waals surface area (Å²) in [5.74, 6) is 0.403. The minimum Gasteiger partial charge on any atom is -0.486 e. The molecule has 0 saturated heterocycles. The van der Waals surface area contributed by atoms with Crippen LogP contribution in [0.5, 0.6) is 17.2 Å². The molecular weight excluding hydrogens is 466 g/mol. The Hall–Kier alpha value is -2.45. The molecule has 0 atom stereocenters. The molecule has 1 aliphatic heterocycles. The number of carbonyl (C=O) groups excluding carboxylic acids is 2. The number of esters is 1. The monoisotopic (exact) mass is 483 g/mol. The second kappa shape index (κ2) is 8.92. The van der Waals surface area contributed by atoms with Crippen molar-refractivity contribution in [1.29, 1.82) is 0 Å². The summed E-state index contributed by atoms with van der Waals surface area (Å²) in [7, 11) is 0. The first-order valence-electron chi connectivity index (χ1n) is 8.75. The predicted molar refractivity (Wildman–Crippen MR) is 111 cm³/mol. The lowest BCUT2D eigenvalue weighted by molar-refractivity contribution is -0.161. The Morgan fingerprint density at radius 3 is 2.41 bits per heavy atom. The molecule has 0 saturated carbocycles. The van der Waals surface area contributed by atoms with Crippen LogP contribution in [0.2, 0.25) is 5.02 Å². The van der Waals surface area contributed by atoms with Crippen LogP contribution in [-0.4, -0.2) is 37.3 Å². The first-order valence-corrected chi connectivity index (χ1v) is 9.92. The highest BCUT2D eigenvalue weighted by Gasteiger charge is 2.32. The second-order valence-corrected chi connectivity index (χ2v) is 7.96. The average molecular weight is 485 g/mol. The van der Waals surface area contributed by atoms with Crippen molar-refractivity contribution in [3.63, 3.8) is 0 Å². The van der Waals surface area contributed by atoms with Crippen LogP contribution in [0.1, 0.15) is 13.8 Å². The number of amides is 1. The van der Waals surface area contributed by atoms with Crippen LogP contribution >= 0.6 is 27.5 Å². The van der Waals surface area contributed by atoms with Crippen LogP contribution in [-0.2, 0) is 14.3 Å². The van der Waals surface area contributed by atoms with E-state index in [-0.39, 0.29) is 0 Å². The van der Waals surface area contributed by atoms with Crippen molar-refractivity contribution in [1.82, 2.24) is 0 Å². The van der Waals surface area contributed by atoms with Crippen LogP contribution in [0, 0.1) is 0 Å². The van der Waals surface area contributed by atoms with E-state index in [9.17, 15) is 9.59 Å². The summed E-state index contributed by atoms with van der Waals surface area (Å²) >= 11 is 9.21. The number of ether oxygens (including phenoxy) is 4. The first kappa shape index (κ1) is 21.3. The average Bonchev–Trinajstić information content (AvgIpc) is 2.68. The van der Waals surface area contributed by atoms with Crippen LogP contribution in [0.3, 0.4) is 0 Å². The van der Waals surface area contributed by atoms with Gasteiger partial charge in [-0.1, -0.05) is 11.6 Å². The van der Waals surface area contributed by atoms with Gasteiger partial charge in [0.05, 0.1) is 5.69 Å². The van der Waals surface area contributed by atoms with Crippen LogP contribution < -0.4 is 19.5 Å². The SMILES string of the molecule is CC(C)(Oc1ccc(Cl)cc1)C(=O)OCC(=O)Nc1cc2c(cc1Br)OCCO2. The summed E-state index contributed by atoms with van der Waals surface area (Å²) in [5, 5.41) is 3.22. The van der Waals surface area contributed by atoms with E-state index in [4.69, 9.17) is 30.5 Å². The molecule has 9 heteroatoms. The molecule has 1 amide bonds. The van der Waals surface area contributed by atoms with E-state index in [0.29, 0.717) is 45.6 Å². The highest BCUT2D eigenvalue weighted by molar-refractivity contribution is 9.10. The summed E-state index contributed by atoms with van der Waals surface area (Å²) in [6.45, 7) is 3.54. The van der Waals surface area contributed by atoms with Crippen molar-refractivity contribution in [3.8, 4) is 17.2 Å². The van der Waals surface area contributed by atoms with Crippen molar-refractivity contribution in [2.45, 2.75) is 19.4 Å². The van der Waals surface area contributed by atoms with E-state index in [2.05, 4.69) is 21.2 Å². The van der Waals surface area contributed by atoms with Gasteiger partial charge in [-0.25, -0.2) is 4.79 Å². The number of halogens is 2. The van der Waals surface area contributed by atoms with Crippen molar-refractivity contribution < 1.29 is 28.5 Å². The fourth-order valence-corrected chi connectivity index (χ4v) is 3.04. The van der Waals surface area contributed by atoms with E-state index in [0.717, 1.165) is 0 Å². The second-order valence-electron chi connectivity index (χ2n) is 6.67. The zero-order valence-electron chi connectivity index (χ0n) is 15.8. The largest absolute Gasteiger partial charge is 0.486 e. The van der Waals surface area contributed by atoms with Crippen LogP contribution in [0.4, 0.5) is 5.69 Å². The molecular formula is C20H19BrClNO6. The summed E-state index contributed by atoms with van der Waals surface area (Å²) in [6, 6.07) is 9.94. The third-order valence-corrected chi connectivity index (χ3v) is 4.83. The summed E-state index contributed by atoms with van der Waals surface area (Å²) in [4.78, 5) is 24.6. The van der Waals surface area contributed by atoms with Crippen molar-refractivity contribution in [2.75, 3.05) is 25.1 Å². The van der Waals surface area contributed by atoms with Gasteiger partial charge in [0.2, 0.25) is 0 Å². The number of rotatable bonds is 6. The van der Waals surface area contributed by atoms with Gasteiger partial charge in [0.15, 0.2) is 23.7 Å². The number of carbonyl (C=O) groups is 2. The van der Waals surface area contributed by atoms with Gasteiger partial charge in [-0.2, -0.15) is 0 Å². The Kier molecular flexibility index (Phi) is 6.54. The maximum absolute atomic E-state index is 12.4. The lowest BCUT2D eigenvalue weighted by Gasteiger charge is -2.24. The van der Waals surface area contributed by atoms with E-state index in [1.807, 2.05) is 0 Å². The number of anilines is 1. The first-order chi connectivity index (χ1) is 13.7.